The summed E-state index contributed by atoms with van der Waals surface area (Å²) in [6.45, 7) is 3.65. The van der Waals surface area contributed by atoms with E-state index in [0.29, 0.717) is 25.0 Å². The van der Waals surface area contributed by atoms with E-state index in [1.54, 1.807) is 6.92 Å². The number of carbonyl (C=O) groups excluding carboxylic acids is 2. The fourth-order valence-corrected chi connectivity index (χ4v) is 5.08. The highest BCUT2D eigenvalue weighted by molar-refractivity contribution is 5.90. The molecule has 26 heavy (non-hydrogen) atoms. The van der Waals surface area contributed by atoms with Crippen molar-refractivity contribution in [3.63, 3.8) is 0 Å². The van der Waals surface area contributed by atoms with Crippen molar-refractivity contribution in [1.29, 1.82) is 0 Å². The zero-order valence-electron chi connectivity index (χ0n) is 16.5. The van der Waals surface area contributed by atoms with Gasteiger partial charge in [-0.15, -0.1) is 0 Å². The number of nitrogens with one attached hydrogen (secondary N) is 2. The number of hydrogen-bond donors (Lipinski definition) is 2. The number of carbonyl (C=O) groups is 2. The van der Waals surface area contributed by atoms with Crippen LogP contribution in [0.4, 0.5) is 0 Å². The van der Waals surface area contributed by atoms with E-state index in [4.69, 9.17) is 0 Å². The lowest BCUT2D eigenvalue weighted by Crippen LogP contribution is -2.61. The van der Waals surface area contributed by atoms with Crippen LogP contribution in [0.2, 0.25) is 0 Å². The van der Waals surface area contributed by atoms with E-state index in [-0.39, 0.29) is 23.8 Å². The molecule has 3 rings (SSSR count). The fourth-order valence-electron chi connectivity index (χ4n) is 5.08. The summed E-state index contributed by atoms with van der Waals surface area (Å²) in [6, 6.07) is 0.0689. The summed E-state index contributed by atoms with van der Waals surface area (Å²) >= 11 is 0. The fraction of sp³-hybridized carbons (Fsp3) is 0.905. The van der Waals surface area contributed by atoms with Gasteiger partial charge < -0.3 is 15.5 Å². The molecule has 2 N–H and O–H groups in total. The molecule has 3 fully saturated rings. The van der Waals surface area contributed by atoms with Crippen LogP contribution < -0.4 is 10.6 Å². The van der Waals surface area contributed by atoms with Crippen LogP contribution >= 0.6 is 0 Å². The third-order valence-electron chi connectivity index (χ3n) is 6.63. The topological polar surface area (TPSA) is 61.4 Å². The minimum Gasteiger partial charge on any atom is -0.329 e. The average molecular weight is 364 g/mol. The lowest BCUT2D eigenvalue weighted by atomic mass is 9.83. The first-order valence-electron chi connectivity index (χ1n) is 10.9. The lowest BCUT2D eigenvalue weighted by Gasteiger charge is -2.39. The summed E-state index contributed by atoms with van der Waals surface area (Å²) in [5.74, 6) is 0.926. The normalized spacial score (nSPS) is 27.3. The number of hydrogen-bond acceptors (Lipinski definition) is 4. The van der Waals surface area contributed by atoms with Crippen LogP contribution in [0.1, 0.15) is 77.6 Å². The van der Waals surface area contributed by atoms with Crippen molar-refractivity contribution in [3.05, 3.63) is 0 Å². The van der Waals surface area contributed by atoms with Gasteiger partial charge >= 0.3 is 0 Å². The highest BCUT2D eigenvalue weighted by Gasteiger charge is 2.35. The quantitative estimate of drug-likeness (QED) is 0.762. The summed E-state index contributed by atoms with van der Waals surface area (Å²) in [6.07, 6.45) is 13.7. The second kappa shape index (κ2) is 9.84. The minimum atomic E-state index is -0.293. The van der Waals surface area contributed by atoms with Gasteiger partial charge in [-0.05, 0) is 32.1 Å². The maximum absolute atomic E-state index is 13.4. The zero-order chi connectivity index (χ0) is 18.4. The van der Waals surface area contributed by atoms with Crippen LogP contribution in [0.5, 0.6) is 0 Å². The molecule has 2 saturated carbocycles. The Hall–Kier alpha value is -0.940. The SMILES string of the molecule is CC(=O)[C@@H]1CNCCN1C(=O)[C@@H](CC1CCCCC1)NC1CCCCC1. The molecule has 148 valence electrons. The van der Waals surface area contributed by atoms with Crippen LogP contribution in [0, 0.1) is 5.92 Å². The predicted molar refractivity (Wildman–Crippen MR) is 104 cm³/mol. The van der Waals surface area contributed by atoms with Crippen molar-refractivity contribution >= 4 is 11.7 Å². The molecule has 1 heterocycles. The van der Waals surface area contributed by atoms with Gasteiger partial charge in [0.25, 0.3) is 0 Å². The predicted octanol–water partition coefficient (Wildman–Crippen LogP) is 2.64. The number of ketones is 1. The minimum absolute atomic E-state index is 0.0969. The van der Waals surface area contributed by atoms with Crippen molar-refractivity contribution in [2.75, 3.05) is 19.6 Å². The van der Waals surface area contributed by atoms with Crippen LogP contribution in [0.15, 0.2) is 0 Å². The third kappa shape index (κ3) is 5.29. The Morgan fingerprint density at radius 2 is 1.69 bits per heavy atom. The molecule has 1 aliphatic heterocycles. The lowest BCUT2D eigenvalue weighted by molar-refractivity contribution is -0.142. The Labute approximate surface area is 158 Å². The molecule has 0 aromatic rings. The Morgan fingerprint density at radius 1 is 1.04 bits per heavy atom. The highest BCUT2D eigenvalue weighted by atomic mass is 16.2. The number of rotatable bonds is 6. The summed E-state index contributed by atoms with van der Waals surface area (Å²) in [7, 11) is 0. The van der Waals surface area contributed by atoms with Gasteiger partial charge in [-0.2, -0.15) is 0 Å². The zero-order valence-corrected chi connectivity index (χ0v) is 16.5. The number of amides is 1. The first kappa shape index (κ1) is 19.8. The van der Waals surface area contributed by atoms with Crippen molar-refractivity contribution in [3.8, 4) is 0 Å². The van der Waals surface area contributed by atoms with Crippen molar-refractivity contribution in [2.45, 2.75) is 95.7 Å². The second-order valence-corrected chi connectivity index (χ2v) is 8.66. The van der Waals surface area contributed by atoms with Gasteiger partial charge in [-0.1, -0.05) is 51.4 Å². The highest BCUT2D eigenvalue weighted by Crippen LogP contribution is 2.29. The van der Waals surface area contributed by atoms with Gasteiger partial charge in [0.1, 0.15) is 6.04 Å². The third-order valence-corrected chi connectivity index (χ3v) is 6.63. The van der Waals surface area contributed by atoms with E-state index in [9.17, 15) is 9.59 Å². The van der Waals surface area contributed by atoms with Crippen LogP contribution in [0.3, 0.4) is 0 Å². The van der Waals surface area contributed by atoms with Gasteiger partial charge in [-0.3, -0.25) is 9.59 Å². The van der Waals surface area contributed by atoms with Gasteiger partial charge in [0.2, 0.25) is 5.91 Å². The van der Waals surface area contributed by atoms with E-state index >= 15 is 0 Å². The van der Waals surface area contributed by atoms with Crippen LogP contribution in [0.25, 0.3) is 0 Å². The molecule has 0 aromatic heterocycles. The molecule has 0 spiro atoms. The first-order valence-corrected chi connectivity index (χ1v) is 10.9. The first-order chi connectivity index (χ1) is 12.6. The largest absolute Gasteiger partial charge is 0.329 e. The maximum Gasteiger partial charge on any atom is 0.240 e. The second-order valence-electron chi connectivity index (χ2n) is 8.66. The summed E-state index contributed by atoms with van der Waals surface area (Å²) in [4.78, 5) is 27.4. The molecule has 0 radical (unpaired) electrons. The molecule has 1 amide bonds. The van der Waals surface area contributed by atoms with E-state index in [1.807, 2.05) is 4.90 Å². The Morgan fingerprint density at radius 3 is 2.35 bits per heavy atom. The molecule has 1 saturated heterocycles. The molecule has 5 nitrogen and oxygen atoms in total. The number of piperazine rings is 1. The molecule has 0 unspecified atom stereocenters. The van der Waals surface area contributed by atoms with E-state index in [2.05, 4.69) is 10.6 Å². The van der Waals surface area contributed by atoms with Gasteiger partial charge in [0.15, 0.2) is 5.78 Å². The standard InChI is InChI=1S/C21H37N3O2/c1-16(25)20-15-22-12-13-24(20)21(26)19(14-17-8-4-2-5-9-17)23-18-10-6-3-7-11-18/h17-20,22-23H,2-15H2,1H3/t19-,20+/m1/s1. The van der Waals surface area contributed by atoms with E-state index in [1.165, 1.54) is 64.2 Å². The molecule has 2 aliphatic carbocycles. The number of Topliss-reactive ketones (excluding diaryl/α,β-unsaturated/α-hetero) is 1. The van der Waals surface area contributed by atoms with Gasteiger partial charge in [-0.25, -0.2) is 0 Å². The van der Waals surface area contributed by atoms with Crippen molar-refractivity contribution in [2.24, 2.45) is 5.92 Å². The van der Waals surface area contributed by atoms with Crippen LogP contribution in [-0.4, -0.2) is 54.4 Å². The summed E-state index contributed by atoms with van der Waals surface area (Å²) in [5.41, 5.74) is 0. The average Bonchev–Trinajstić information content (AvgIpc) is 2.68. The molecule has 2 atom stereocenters. The molecular formula is C21H37N3O2. The number of nitrogens with zero attached hydrogens (tertiary/aromatic N) is 1. The molecule has 5 heteroatoms. The van der Waals surface area contributed by atoms with Crippen molar-refractivity contribution < 1.29 is 9.59 Å². The smallest absolute Gasteiger partial charge is 0.240 e. The summed E-state index contributed by atoms with van der Waals surface area (Å²) in [5, 5.41) is 7.00. The Kier molecular flexibility index (Phi) is 7.50. The van der Waals surface area contributed by atoms with Gasteiger partial charge in [0, 0.05) is 25.7 Å². The van der Waals surface area contributed by atoms with Crippen LogP contribution in [-0.2, 0) is 9.59 Å². The molecule has 3 aliphatic rings. The van der Waals surface area contributed by atoms with E-state index in [0.717, 1.165) is 13.0 Å². The molecule has 0 aromatic carbocycles. The summed E-state index contributed by atoms with van der Waals surface area (Å²) < 4.78 is 0. The van der Waals surface area contributed by atoms with E-state index < -0.39 is 0 Å². The molecular weight excluding hydrogens is 326 g/mol. The van der Waals surface area contributed by atoms with Crippen molar-refractivity contribution in [1.82, 2.24) is 15.5 Å². The Bertz CT molecular complexity index is 450. The maximum atomic E-state index is 13.4. The Balaban J connectivity index is 1.69. The van der Waals surface area contributed by atoms with Gasteiger partial charge in [0.05, 0.1) is 6.04 Å². The molecule has 0 bridgehead atoms. The monoisotopic (exact) mass is 363 g/mol.